The van der Waals surface area contributed by atoms with Crippen molar-refractivity contribution < 1.29 is 14.0 Å². The number of nitrogens with one attached hydrogen (secondary N) is 2. The summed E-state index contributed by atoms with van der Waals surface area (Å²) < 4.78 is 13.5. The molecule has 108 valence electrons. The fourth-order valence-corrected chi connectivity index (χ4v) is 2.14. The number of anilines is 2. The van der Waals surface area contributed by atoms with Crippen molar-refractivity contribution in [1.82, 2.24) is 0 Å². The van der Waals surface area contributed by atoms with Crippen molar-refractivity contribution in [1.29, 1.82) is 0 Å². The van der Waals surface area contributed by atoms with E-state index in [0.717, 1.165) is 0 Å². The van der Waals surface area contributed by atoms with Crippen LogP contribution in [0, 0.1) is 5.82 Å². The van der Waals surface area contributed by atoms with E-state index in [1.165, 1.54) is 24.3 Å². The molecule has 0 radical (unpaired) electrons. The topological polar surface area (TPSA) is 84.2 Å². The van der Waals surface area contributed by atoms with Gasteiger partial charge < -0.3 is 16.4 Å². The lowest BCUT2D eigenvalue weighted by Gasteiger charge is -2.09. The van der Waals surface area contributed by atoms with Crippen molar-refractivity contribution in [2.45, 2.75) is 0 Å². The van der Waals surface area contributed by atoms with Crippen LogP contribution in [0.3, 0.4) is 0 Å². The van der Waals surface area contributed by atoms with Gasteiger partial charge in [-0.05, 0) is 46.3 Å². The third-order valence-electron chi connectivity index (χ3n) is 2.58. The van der Waals surface area contributed by atoms with E-state index in [1.807, 2.05) is 0 Å². The summed E-state index contributed by atoms with van der Waals surface area (Å²) in [5.74, 6) is -0.996. The molecule has 0 spiro atoms. The maximum Gasteiger partial charge on any atom is 0.316 e. The fraction of sp³-hybridized carbons (Fsp3) is 0. The van der Waals surface area contributed by atoms with Gasteiger partial charge in [-0.3, -0.25) is 4.79 Å². The summed E-state index contributed by atoms with van der Waals surface area (Å²) in [6, 6.07) is 9.92. The number of hydrogen-bond acceptors (Lipinski definition) is 2. The minimum Gasteiger partial charge on any atom is -0.351 e. The SMILES string of the molecule is NC(=O)Nc1cccc(NC(=O)c2cccc(F)c2Br)c1. The Morgan fingerprint density at radius 2 is 1.67 bits per heavy atom. The van der Waals surface area contributed by atoms with Gasteiger partial charge in [0, 0.05) is 11.4 Å². The van der Waals surface area contributed by atoms with Gasteiger partial charge in [-0.25, -0.2) is 9.18 Å². The minimum atomic E-state index is -0.702. The Bertz CT molecular complexity index is 706. The number of carbonyl (C=O) groups is 2. The van der Waals surface area contributed by atoms with Gasteiger partial charge in [-0.15, -0.1) is 0 Å². The fourth-order valence-electron chi connectivity index (χ4n) is 1.69. The molecule has 4 N–H and O–H groups in total. The Labute approximate surface area is 128 Å². The first kappa shape index (κ1) is 15.0. The number of primary amides is 1. The molecule has 0 aliphatic rings. The average molecular weight is 352 g/mol. The summed E-state index contributed by atoms with van der Waals surface area (Å²) >= 11 is 3.03. The first-order valence-corrected chi connectivity index (χ1v) is 6.68. The maximum absolute atomic E-state index is 13.4. The largest absolute Gasteiger partial charge is 0.351 e. The zero-order chi connectivity index (χ0) is 15.4. The third kappa shape index (κ3) is 3.79. The van der Waals surface area contributed by atoms with E-state index in [4.69, 9.17) is 5.73 Å². The molecular formula is C14H11BrFN3O2. The molecule has 0 bridgehead atoms. The second-order valence-electron chi connectivity index (χ2n) is 4.13. The quantitative estimate of drug-likeness (QED) is 0.792. The zero-order valence-corrected chi connectivity index (χ0v) is 12.3. The van der Waals surface area contributed by atoms with E-state index < -0.39 is 17.8 Å². The van der Waals surface area contributed by atoms with Crippen LogP contribution in [0.5, 0.6) is 0 Å². The molecule has 21 heavy (non-hydrogen) atoms. The van der Waals surface area contributed by atoms with Crippen LogP contribution in [-0.4, -0.2) is 11.9 Å². The number of amides is 3. The molecule has 0 saturated carbocycles. The first-order chi connectivity index (χ1) is 9.97. The molecule has 2 rings (SSSR count). The van der Waals surface area contributed by atoms with E-state index >= 15 is 0 Å². The van der Waals surface area contributed by atoms with Gasteiger partial charge in [0.05, 0.1) is 10.0 Å². The van der Waals surface area contributed by atoms with Gasteiger partial charge in [0.2, 0.25) is 0 Å². The van der Waals surface area contributed by atoms with Crippen molar-refractivity contribution >= 4 is 39.2 Å². The monoisotopic (exact) mass is 351 g/mol. The van der Waals surface area contributed by atoms with Crippen molar-refractivity contribution in [3.63, 3.8) is 0 Å². The zero-order valence-electron chi connectivity index (χ0n) is 10.7. The number of halogens is 2. The minimum absolute atomic E-state index is 0.0916. The van der Waals surface area contributed by atoms with Crippen LogP contribution in [0.1, 0.15) is 10.4 Å². The highest BCUT2D eigenvalue weighted by Gasteiger charge is 2.13. The Morgan fingerprint density at radius 1 is 1.05 bits per heavy atom. The van der Waals surface area contributed by atoms with Crippen molar-refractivity contribution in [2.75, 3.05) is 10.6 Å². The molecule has 0 saturated heterocycles. The predicted molar refractivity (Wildman–Crippen MR) is 81.7 cm³/mol. The number of nitrogens with two attached hydrogens (primary N) is 1. The molecule has 2 aromatic rings. The van der Waals surface area contributed by atoms with E-state index in [1.54, 1.807) is 18.2 Å². The molecule has 0 aliphatic heterocycles. The number of carbonyl (C=O) groups excluding carboxylic acids is 2. The van der Waals surface area contributed by atoms with Gasteiger partial charge in [-0.1, -0.05) is 12.1 Å². The lowest BCUT2D eigenvalue weighted by molar-refractivity contribution is 0.102. The lowest BCUT2D eigenvalue weighted by Crippen LogP contribution is -2.19. The normalized spacial score (nSPS) is 10.0. The van der Waals surface area contributed by atoms with E-state index in [-0.39, 0.29) is 10.0 Å². The van der Waals surface area contributed by atoms with Gasteiger partial charge >= 0.3 is 6.03 Å². The van der Waals surface area contributed by atoms with E-state index in [9.17, 15) is 14.0 Å². The molecule has 0 aliphatic carbocycles. The van der Waals surface area contributed by atoms with E-state index in [2.05, 4.69) is 26.6 Å². The molecule has 0 fully saturated rings. The second-order valence-corrected chi connectivity index (χ2v) is 4.92. The van der Waals surface area contributed by atoms with Crippen LogP contribution in [0.25, 0.3) is 0 Å². The molecule has 0 heterocycles. The maximum atomic E-state index is 13.4. The Balaban J connectivity index is 2.20. The number of benzene rings is 2. The molecule has 3 amide bonds. The Kier molecular flexibility index (Phi) is 4.54. The Hall–Kier alpha value is -2.41. The summed E-state index contributed by atoms with van der Waals surface area (Å²) in [6.07, 6.45) is 0. The molecule has 0 unspecified atom stereocenters. The Morgan fingerprint density at radius 3 is 2.33 bits per heavy atom. The second kappa shape index (κ2) is 6.36. The van der Waals surface area contributed by atoms with Crippen molar-refractivity contribution in [3.8, 4) is 0 Å². The van der Waals surface area contributed by atoms with Crippen LogP contribution in [0.15, 0.2) is 46.9 Å². The number of rotatable bonds is 3. The summed E-state index contributed by atoms with van der Waals surface area (Å²) in [6.45, 7) is 0. The summed E-state index contributed by atoms with van der Waals surface area (Å²) in [4.78, 5) is 22.9. The molecule has 0 aromatic heterocycles. The van der Waals surface area contributed by atoms with E-state index in [0.29, 0.717) is 11.4 Å². The number of urea groups is 1. The average Bonchev–Trinajstić information content (AvgIpc) is 2.41. The van der Waals surface area contributed by atoms with Crippen LogP contribution < -0.4 is 16.4 Å². The smallest absolute Gasteiger partial charge is 0.316 e. The van der Waals surface area contributed by atoms with Gasteiger partial charge in [-0.2, -0.15) is 0 Å². The van der Waals surface area contributed by atoms with Gasteiger partial charge in [0.25, 0.3) is 5.91 Å². The van der Waals surface area contributed by atoms with Crippen LogP contribution in [-0.2, 0) is 0 Å². The third-order valence-corrected chi connectivity index (χ3v) is 3.39. The van der Waals surface area contributed by atoms with Crippen molar-refractivity contribution in [3.05, 3.63) is 58.3 Å². The summed E-state index contributed by atoms with van der Waals surface area (Å²) in [7, 11) is 0. The van der Waals surface area contributed by atoms with Crippen molar-refractivity contribution in [2.24, 2.45) is 5.73 Å². The lowest BCUT2D eigenvalue weighted by atomic mass is 10.2. The van der Waals surface area contributed by atoms with Crippen LogP contribution >= 0.6 is 15.9 Å². The molecule has 5 nitrogen and oxygen atoms in total. The standard InChI is InChI=1S/C14H11BrFN3O2/c15-12-10(5-2-6-11(12)16)13(20)18-8-3-1-4-9(7-8)19-14(17)21/h1-7H,(H,18,20)(H3,17,19,21). The van der Waals surface area contributed by atoms with Crippen LogP contribution in [0.2, 0.25) is 0 Å². The molecule has 7 heteroatoms. The van der Waals surface area contributed by atoms with Gasteiger partial charge in [0.1, 0.15) is 5.82 Å². The highest BCUT2D eigenvalue weighted by molar-refractivity contribution is 9.10. The van der Waals surface area contributed by atoms with Crippen LogP contribution in [0.4, 0.5) is 20.6 Å². The molecule has 2 aromatic carbocycles. The highest BCUT2D eigenvalue weighted by atomic mass is 79.9. The predicted octanol–water partition coefficient (Wildman–Crippen LogP) is 3.33. The number of hydrogen-bond donors (Lipinski definition) is 3. The van der Waals surface area contributed by atoms with Gasteiger partial charge in [0.15, 0.2) is 0 Å². The molecular weight excluding hydrogens is 341 g/mol. The molecule has 0 atom stereocenters. The highest BCUT2D eigenvalue weighted by Crippen LogP contribution is 2.22. The first-order valence-electron chi connectivity index (χ1n) is 5.89. The summed E-state index contributed by atoms with van der Waals surface area (Å²) in [5, 5.41) is 5.01. The summed E-state index contributed by atoms with van der Waals surface area (Å²) in [5.41, 5.74) is 6.08.